The van der Waals surface area contributed by atoms with Crippen molar-refractivity contribution in [3.05, 3.63) is 58.3 Å². The highest BCUT2D eigenvalue weighted by molar-refractivity contribution is 7.12. The highest BCUT2D eigenvalue weighted by Crippen LogP contribution is 2.24. The van der Waals surface area contributed by atoms with Gasteiger partial charge in [-0.3, -0.25) is 14.5 Å². The van der Waals surface area contributed by atoms with Crippen LogP contribution in [0.1, 0.15) is 40.9 Å². The summed E-state index contributed by atoms with van der Waals surface area (Å²) in [6.45, 7) is 6.09. The topological polar surface area (TPSA) is 43.9 Å². The number of rotatable bonds is 6. The number of amides is 2. The standard InChI is InChI=1S/C24H31N3O2S/c28-23(26-15-13-25(14-16-26)18-20-6-2-1-3-7-20)11-10-21-8-4-12-27(19-21)24(29)22-9-5-17-30-22/h1-3,5-7,9,17,21H,4,8,10-16,18-19H2/t21-/m1/s1. The van der Waals surface area contributed by atoms with E-state index in [4.69, 9.17) is 0 Å². The van der Waals surface area contributed by atoms with Gasteiger partial charge in [-0.1, -0.05) is 36.4 Å². The molecule has 3 heterocycles. The summed E-state index contributed by atoms with van der Waals surface area (Å²) in [6, 6.07) is 14.4. The monoisotopic (exact) mass is 425 g/mol. The molecular weight excluding hydrogens is 394 g/mol. The summed E-state index contributed by atoms with van der Waals surface area (Å²) in [5, 5.41) is 1.95. The third-order valence-electron chi connectivity index (χ3n) is 6.28. The van der Waals surface area contributed by atoms with Crippen molar-refractivity contribution in [2.75, 3.05) is 39.3 Å². The van der Waals surface area contributed by atoms with E-state index in [0.717, 1.165) is 70.0 Å². The number of hydrogen-bond donors (Lipinski definition) is 0. The number of carbonyl (C=O) groups excluding carboxylic acids is 2. The fourth-order valence-corrected chi connectivity index (χ4v) is 5.21. The first-order chi connectivity index (χ1) is 14.7. The Morgan fingerprint density at radius 3 is 2.47 bits per heavy atom. The smallest absolute Gasteiger partial charge is 0.263 e. The lowest BCUT2D eigenvalue weighted by atomic mass is 9.93. The Morgan fingerprint density at radius 1 is 0.933 bits per heavy atom. The average molecular weight is 426 g/mol. The molecule has 2 aliphatic heterocycles. The van der Waals surface area contributed by atoms with Gasteiger partial charge in [0.25, 0.3) is 5.91 Å². The van der Waals surface area contributed by atoms with E-state index in [2.05, 4.69) is 29.2 Å². The molecule has 1 aromatic heterocycles. The summed E-state index contributed by atoms with van der Waals surface area (Å²) in [7, 11) is 0. The molecule has 0 spiro atoms. The summed E-state index contributed by atoms with van der Waals surface area (Å²) in [4.78, 5) is 32.6. The molecule has 2 aromatic rings. The molecule has 2 fully saturated rings. The molecule has 2 amide bonds. The lowest BCUT2D eigenvalue weighted by Gasteiger charge is -2.36. The molecule has 1 aromatic carbocycles. The number of carbonyl (C=O) groups is 2. The molecule has 0 aliphatic carbocycles. The van der Waals surface area contributed by atoms with Crippen molar-refractivity contribution in [3.8, 4) is 0 Å². The van der Waals surface area contributed by atoms with E-state index in [0.29, 0.717) is 12.3 Å². The summed E-state index contributed by atoms with van der Waals surface area (Å²) < 4.78 is 0. The van der Waals surface area contributed by atoms with E-state index in [1.807, 2.05) is 33.4 Å². The van der Waals surface area contributed by atoms with Crippen LogP contribution in [0, 0.1) is 5.92 Å². The molecule has 4 rings (SSSR count). The van der Waals surface area contributed by atoms with Gasteiger partial charge in [-0.15, -0.1) is 11.3 Å². The highest BCUT2D eigenvalue weighted by Gasteiger charge is 2.27. The second-order valence-corrected chi connectivity index (χ2v) is 9.37. The fraction of sp³-hybridized carbons (Fsp3) is 0.500. The van der Waals surface area contributed by atoms with Gasteiger partial charge < -0.3 is 9.80 Å². The molecule has 0 bridgehead atoms. The summed E-state index contributed by atoms with van der Waals surface area (Å²) in [5.74, 6) is 0.859. The van der Waals surface area contributed by atoms with Crippen LogP contribution in [-0.2, 0) is 11.3 Å². The van der Waals surface area contributed by atoms with Gasteiger partial charge in [0.05, 0.1) is 4.88 Å². The maximum absolute atomic E-state index is 12.7. The predicted octanol–water partition coefficient (Wildman–Crippen LogP) is 3.72. The van der Waals surface area contributed by atoms with Gasteiger partial charge in [0.15, 0.2) is 0 Å². The number of piperazine rings is 1. The van der Waals surface area contributed by atoms with Crippen molar-refractivity contribution >= 4 is 23.2 Å². The number of likely N-dealkylation sites (tertiary alicyclic amines) is 1. The third kappa shape index (κ3) is 5.49. The van der Waals surface area contributed by atoms with E-state index < -0.39 is 0 Å². The van der Waals surface area contributed by atoms with Gasteiger partial charge in [0, 0.05) is 52.2 Å². The molecule has 1 atom stereocenters. The average Bonchev–Trinajstić information content (AvgIpc) is 3.33. The maximum Gasteiger partial charge on any atom is 0.263 e. The molecular formula is C24H31N3O2S. The van der Waals surface area contributed by atoms with Gasteiger partial charge in [-0.2, -0.15) is 0 Å². The lowest BCUT2D eigenvalue weighted by molar-refractivity contribution is -0.133. The molecule has 0 unspecified atom stereocenters. The van der Waals surface area contributed by atoms with Crippen molar-refractivity contribution in [2.24, 2.45) is 5.92 Å². The quantitative estimate of drug-likeness (QED) is 0.708. The molecule has 0 radical (unpaired) electrons. The second-order valence-electron chi connectivity index (χ2n) is 8.42. The zero-order valence-electron chi connectivity index (χ0n) is 17.5. The molecule has 0 N–H and O–H groups in total. The van der Waals surface area contributed by atoms with Crippen LogP contribution in [0.5, 0.6) is 0 Å². The number of nitrogens with zero attached hydrogens (tertiary/aromatic N) is 3. The molecule has 160 valence electrons. The van der Waals surface area contributed by atoms with Crippen molar-refractivity contribution in [1.29, 1.82) is 0 Å². The van der Waals surface area contributed by atoms with Crippen LogP contribution < -0.4 is 0 Å². The Morgan fingerprint density at radius 2 is 1.73 bits per heavy atom. The summed E-state index contributed by atoms with van der Waals surface area (Å²) >= 11 is 1.51. The minimum atomic E-state index is 0.149. The molecule has 30 heavy (non-hydrogen) atoms. The van der Waals surface area contributed by atoms with E-state index in [-0.39, 0.29) is 11.8 Å². The van der Waals surface area contributed by atoms with E-state index in [1.54, 1.807) is 0 Å². The van der Waals surface area contributed by atoms with Crippen LogP contribution in [0.3, 0.4) is 0 Å². The zero-order valence-corrected chi connectivity index (χ0v) is 18.4. The lowest BCUT2D eigenvalue weighted by Crippen LogP contribution is -2.48. The van der Waals surface area contributed by atoms with Crippen molar-refractivity contribution < 1.29 is 9.59 Å². The zero-order chi connectivity index (χ0) is 20.8. The van der Waals surface area contributed by atoms with E-state index >= 15 is 0 Å². The maximum atomic E-state index is 12.7. The Bertz CT molecular complexity index is 816. The van der Waals surface area contributed by atoms with Crippen molar-refractivity contribution in [1.82, 2.24) is 14.7 Å². The number of piperidine rings is 1. The molecule has 5 nitrogen and oxygen atoms in total. The van der Waals surface area contributed by atoms with Gasteiger partial charge in [0.2, 0.25) is 5.91 Å². The Labute approximate surface area is 183 Å². The minimum Gasteiger partial charge on any atom is -0.340 e. The second kappa shape index (κ2) is 10.2. The number of hydrogen-bond acceptors (Lipinski definition) is 4. The Balaban J connectivity index is 1.19. The van der Waals surface area contributed by atoms with Crippen LogP contribution in [-0.4, -0.2) is 65.8 Å². The first kappa shape index (κ1) is 21.1. The number of benzene rings is 1. The number of thiophene rings is 1. The minimum absolute atomic E-state index is 0.149. The van der Waals surface area contributed by atoms with Crippen LogP contribution in [0.4, 0.5) is 0 Å². The van der Waals surface area contributed by atoms with Crippen molar-refractivity contribution in [3.63, 3.8) is 0 Å². The molecule has 6 heteroatoms. The molecule has 2 aliphatic rings. The predicted molar refractivity (Wildman–Crippen MR) is 120 cm³/mol. The molecule has 0 saturated carbocycles. The van der Waals surface area contributed by atoms with E-state index in [9.17, 15) is 9.59 Å². The van der Waals surface area contributed by atoms with E-state index in [1.165, 1.54) is 16.9 Å². The van der Waals surface area contributed by atoms with Gasteiger partial charge in [0.1, 0.15) is 0 Å². The van der Waals surface area contributed by atoms with Gasteiger partial charge in [-0.25, -0.2) is 0 Å². The highest BCUT2D eigenvalue weighted by atomic mass is 32.1. The molecule has 2 saturated heterocycles. The SMILES string of the molecule is O=C(CC[C@H]1CCCN(C(=O)c2cccs2)C1)N1CCN(Cc2ccccc2)CC1. The Kier molecular flexibility index (Phi) is 7.18. The summed E-state index contributed by atoms with van der Waals surface area (Å²) in [5.41, 5.74) is 1.33. The van der Waals surface area contributed by atoms with Crippen LogP contribution in [0.2, 0.25) is 0 Å². The van der Waals surface area contributed by atoms with Gasteiger partial charge in [-0.05, 0) is 42.2 Å². The fourth-order valence-electron chi connectivity index (χ4n) is 4.52. The third-order valence-corrected chi connectivity index (χ3v) is 7.14. The van der Waals surface area contributed by atoms with Crippen LogP contribution in [0.25, 0.3) is 0 Å². The van der Waals surface area contributed by atoms with Crippen LogP contribution in [0.15, 0.2) is 47.8 Å². The summed E-state index contributed by atoms with van der Waals surface area (Å²) in [6.07, 6.45) is 3.64. The largest absolute Gasteiger partial charge is 0.340 e. The Hall–Kier alpha value is -2.18. The first-order valence-corrected chi connectivity index (χ1v) is 11.9. The van der Waals surface area contributed by atoms with Crippen LogP contribution >= 0.6 is 11.3 Å². The normalized spacial score (nSPS) is 20.3. The first-order valence-electron chi connectivity index (χ1n) is 11.1. The van der Waals surface area contributed by atoms with Crippen molar-refractivity contribution in [2.45, 2.75) is 32.2 Å². The van der Waals surface area contributed by atoms with Gasteiger partial charge >= 0.3 is 0 Å².